The standard InChI is InChI=1S/C3H9Si.CH3.ClH.Mg/c1-4(2)3;;;/h1-3H3;1H3;1H;. The Morgan fingerprint density at radius 2 is 1.29 bits per heavy atom. The highest BCUT2D eigenvalue weighted by Gasteiger charge is 2.09. The van der Waals surface area contributed by atoms with E-state index in [1.165, 1.54) is 0 Å². The summed E-state index contributed by atoms with van der Waals surface area (Å²) in [7, 11) is 0. The van der Waals surface area contributed by atoms with Crippen molar-refractivity contribution in [2.75, 3.05) is 0 Å². The molecule has 0 bridgehead atoms. The lowest BCUT2D eigenvalue weighted by Gasteiger charge is -2.09. The van der Waals surface area contributed by atoms with Crippen LogP contribution in [-0.2, 0) is 0 Å². The van der Waals surface area contributed by atoms with Gasteiger partial charge < -0.3 is 0 Å². The van der Waals surface area contributed by atoms with Gasteiger partial charge in [-0.2, -0.15) is 5.05 Å². The minimum absolute atomic E-state index is 0. The second kappa shape index (κ2) is 4.18. The average molecular weight is 149 g/mol. The molecule has 0 spiro atoms. The second-order valence-electron chi connectivity index (χ2n) is 2.91. The van der Waals surface area contributed by atoms with E-state index in [1.807, 2.05) is 0 Å². The molecule has 0 saturated carbocycles. The van der Waals surface area contributed by atoms with Crippen molar-refractivity contribution in [2.24, 2.45) is 0 Å². The third-order valence-corrected chi connectivity index (χ3v) is 9.55. The van der Waals surface area contributed by atoms with Crippen LogP contribution < -0.4 is 0 Å². The summed E-state index contributed by atoms with van der Waals surface area (Å²) in [6, 6.07) is 0. The summed E-state index contributed by atoms with van der Waals surface area (Å²) < 4.78 is 0. The van der Waals surface area contributed by atoms with Gasteiger partial charge in [0.05, 0.1) is 0 Å². The first-order valence-electron chi connectivity index (χ1n) is 2.56. The molecule has 0 N–H and O–H groups in total. The SMILES string of the molecule is Cl.[CH3][Mg][Si](C)(C)C. The Kier molecular flexibility index (Phi) is 6.64. The van der Waals surface area contributed by atoms with E-state index in [9.17, 15) is 0 Å². The second-order valence-corrected chi connectivity index (χ2v) is 17.2. The van der Waals surface area contributed by atoms with Gasteiger partial charge in [-0.1, -0.05) is 25.4 Å². The van der Waals surface area contributed by atoms with Gasteiger partial charge in [-0.3, -0.25) is 0 Å². The summed E-state index contributed by atoms with van der Waals surface area (Å²) >= 11 is 0.391. The van der Waals surface area contributed by atoms with E-state index in [2.05, 4.69) is 24.7 Å². The zero-order chi connectivity index (χ0) is 5.21. The van der Waals surface area contributed by atoms with Crippen LogP contribution in [0.1, 0.15) is 0 Å². The normalized spacial score (nSPS) is 9.14. The molecule has 0 heterocycles. The van der Waals surface area contributed by atoms with Crippen LogP contribution in [0.15, 0.2) is 0 Å². The largest absolute Gasteiger partial charge is 0.359 e. The van der Waals surface area contributed by atoms with Gasteiger partial charge in [0.15, 0.2) is 0 Å². The van der Waals surface area contributed by atoms with Crippen LogP contribution >= 0.6 is 12.4 Å². The molecule has 3 heteroatoms. The van der Waals surface area contributed by atoms with Gasteiger partial charge in [-0.25, -0.2) is 0 Å². The molecule has 0 amide bonds. The topological polar surface area (TPSA) is 0 Å². The Balaban J connectivity index is 0. The smallest absolute Gasteiger partial charge is 0.159 e. The molecule has 0 nitrogen and oxygen atoms in total. The Morgan fingerprint density at radius 3 is 1.29 bits per heavy atom. The Bertz CT molecular complexity index is 41.4. The van der Waals surface area contributed by atoms with Crippen LogP contribution in [0.3, 0.4) is 0 Å². The van der Waals surface area contributed by atoms with Crippen molar-refractivity contribution in [3.63, 3.8) is 0 Å². The molecule has 0 unspecified atom stereocenters. The van der Waals surface area contributed by atoms with Crippen molar-refractivity contribution in [3.05, 3.63) is 0 Å². The monoisotopic (exact) mass is 148 g/mol. The molecule has 0 atom stereocenters. The zero-order valence-corrected chi connectivity index (χ0v) is 8.85. The maximum absolute atomic E-state index is 2.44. The molecule has 0 aromatic heterocycles. The zero-order valence-electron chi connectivity index (χ0n) is 5.62. The molecule has 0 aliphatic heterocycles. The Labute approximate surface area is 62.3 Å². The van der Waals surface area contributed by atoms with E-state index in [4.69, 9.17) is 0 Å². The third kappa shape index (κ3) is 11.1. The molecule has 0 aromatic carbocycles. The van der Waals surface area contributed by atoms with Gasteiger partial charge in [-0.05, 0) is 0 Å². The first-order valence-corrected chi connectivity index (χ1v) is 9.80. The first-order chi connectivity index (χ1) is 2.56. The van der Waals surface area contributed by atoms with Gasteiger partial charge in [0.25, 0.3) is 0 Å². The van der Waals surface area contributed by atoms with Gasteiger partial charge in [0.1, 0.15) is 0 Å². The molecule has 0 rings (SSSR count). The van der Waals surface area contributed by atoms with Gasteiger partial charge in [0.2, 0.25) is 0 Å². The molecule has 0 aromatic rings. The molecule has 42 valence electrons. The molecule has 0 radical (unpaired) electrons. The van der Waals surface area contributed by atoms with Crippen molar-refractivity contribution in [3.8, 4) is 0 Å². The number of hydrogen-bond acceptors (Lipinski definition) is 0. The number of hydrogen-bond donors (Lipinski definition) is 0. The highest BCUT2D eigenvalue weighted by atomic mass is 35.5. The van der Waals surface area contributed by atoms with E-state index >= 15 is 0 Å². The van der Waals surface area contributed by atoms with E-state index in [0.717, 1.165) is 0 Å². The lowest BCUT2D eigenvalue weighted by atomic mass is 11.8. The average Bonchev–Trinajstić information content (AvgIpc) is 1.35. The summed E-state index contributed by atoms with van der Waals surface area (Å²) in [4.78, 5) is 0. The maximum atomic E-state index is 2.44. The van der Waals surface area contributed by atoms with Crippen LogP contribution in [0.4, 0.5) is 0 Å². The van der Waals surface area contributed by atoms with Crippen LogP contribution in [0.5, 0.6) is 0 Å². The molecule has 0 fully saturated rings. The van der Waals surface area contributed by atoms with Crippen LogP contribution in [0.2, 0.25) is 24.7 Å². The summed E-state index contributed by atoms with van der Waals surface area (Å²) in [5.41, 5.74) is -0.492. The van der Waals surface area contributed by atoms with Gasteiger partial charge in [-0.15, -0.1) is 12.4 Å². The lowest BCUT2D eigenvalue weighted by molar-refractivity contribution is 1.85. The van der Waals surface area contributed by atoms with Crippen molar-refractivity contribution < 1.29 is 0 Å². The molecular weight excluding hydrogens is 136 g/mol. The quantitative estimate of drug-likeness (QED) is 0.500. The highest BCUT2D eigenvalue weighted by Crippen LogP contribution is 1.94. The van der Waals surface area contributed by atoms with E-state index in [0.29, 0.717) is 19.6 Å². The van der Waals surface area contributed by atoms with Crippen molar-refractivity contribution in [1.29, 1.82) is 0 Å². The van der Waals surface area contributed by atoms with Gasteiger partial charge in [0, 0.05) is 0 Å². The summed E-state index contributed by atoms with van der Waals surface area (Å²) in [5, 5.41) is 2.41. The van der Waals surface area contributed by atoms with Crippen molar-refractivity contribution >= 4 is 37.7 Å². The fourth-order valence-corrected chi connectivity index (χ4v) is 0. The predicted octanol–water partition coefficient (Wildman–Crippen LogP) is 2.00. The van der Waals surface area contributed by atoms with Crippen LogP contribution in [-0.4, -0.2) is 25.3 Å². The number of rotatable bonds is 1. The van der Waals surface area contributed by atoms with Crippen molar-refractivity contribution in [1.82, 2.24) is 0 Å². The highest BCUT2D eigenvalue weighted by molar-refractivity contribution is 7.22. The Morgan fingerprint density at radius 1 is 1.14 bits per heavy atom. The van der Waals surface area contributed by atoms with Crippen molar-refractivity contribution in [2.45, 2.75) is 24.7 Å². The fraction of sp³-hybridized carbons (Fsp3) is 1.00. The summed E-state index contributed by atoms with van der Waals surface area (Å²) in [6.07, 6.45) is 0. The summed E-state index contributed by atoms with van der Waals surface area (Å²) in [5.74, 6) is 0. The minimum atomic E-state index is -0.492. The fourth-order valence-electron chi connectivity index (χ4n) is 0. The third-order valence-electron chi connectivity index (χ3n) is 1.06. The van der Waals surface area contributed by atoms with E-state index in [1.54, 1.807) is 0 Å². The van der Waals surface area contributed by atoms with Crippen LogP contribution in [0, 0.1) is 0 Å². The first kappa shape index (κ1) is 11.1. The maximum Gasteiger partial charge on any atom is 0.359 e. The molecule has 0 saturated heterocycles. The van der Waals surface area contributed by atoms with E-state index in [-0.39, 0.29) is 12.4 Å². The Hall–Kier alpha value is 1.27. The molecular formula is C4H13ClMgSi. The minimum Gasteiger partial charge on any atom is -0.159 e. The van der Waals surface area contributed by atoms with Crippen LogP contribution in [0.25, 0.3) is 0 Å². The molecule has 0 aliphatic carbocycles. The lowest BCUT2D eigenvalue weighted by Crippen LogP contribution is -2.26. The number of halogens is 1. The van der Waals surface area contributed by atoms with E-state index < -0.39 is 5.72 Å². The molecule has 0 aliphatic rings. The van der Waals surface area contributed by atoms with Gasteiger partial charge >= 0.3 is 19.6 Å². The predicted molar refractivity (Wildman–Crippen MR) is 42.2 cm³/mol. The summed E-state index contributed by atoms with van der Waals surface area (Å²) in [6.45, 7) is 7.33. The molecule has 7 heavy (non-hydrogen) atoms.